The summed E-state index contributed by atoms with van der Waals surface area (Å²) in [6, 6.07) is 10.1. The number of ether oxygens (including phenoxy) is 1. The number of aromatic hydroxyl groups is 1. The lowest BCUT2D eigenvalue weighted by molar-refractivity contribution is -0.133. The summed E-state index contributed by atoms with van der Waals surface area (Å²) in [5, 5.41) is 14.5. The molecule has 0 saturated heterocycles. The van der Waals surface area contributed by atoms with Crippen LogP contribution in [0.25, 0.3) is 0 Å². The lowest BCUT2D eigenvalue weighted by atomic mass is 10.2. The molecule has 0 heterocycles. The highest BCUT2D eigenvalue weighted by molar-refractivity contribution is 6.44. The molecule has 8 heteroatoms. The summed E-state index contributed by atoms with van der Waals surface area (Å²) in [6.07, 6.45) is 0. The van der Waals surface area contributed by atoms with Crippen molar-refractivity contribution >= 4 is 40.8 Å². The number of anilines is 2. The molecule has 0 aliphatic rings. The van der Waals surface area contributed by atoms with Gasteiger partial charge in [0.25, 0.3) is 0 Å². The average molecular weight is 349 g/mol. The van der Waals surface area contributed by atoms with Crippen LogP contribution in [0.3, 0.4) is 0 Å². The Bertz CT molecular complexity index is 807. The first-order valence-electron chi connectivity index (χ1n) is 6.70. The Morgan fingerprint density at radius 1 is 1.00 bits per heavy atom. The van der Waals surface area contributed by atoms with E-state index in [2.05, 4.69) is 15.4 Å². The number of halogens is 1. The SMILES string of the molecule is COC(=O)c1ccccc1NC(=O)C(=O)Nc1cc(Cl)ccc1O. The van der Waals surface area contributed by atoms with Gasteiger partial charge in [-0.1, -0.05) is 23.7 Å². The standard InChI is InChI=1S/C16H13ClN2O5/c1-24-16(23)10-4-2-3-5-11(10)18-14(21)15(22)19-12-8-9(17)6-7-13(12)20/h2-8,20H,1H3,(H,18,21)(H,19,22). The quantitative estimate of drug-likeness (QED) is 0.449. The minimum atomic E-state index is -1.03. The fourth-order valence-electron chi connectivity index (χ4n) is 1.85. The normalized spacial score (nSPS) is 9.92. The van der Waals surface area contributed by atoms with E-state index in [1.165, 1.54) is 37.4 Å². The zero-order valence-electron chi connectivity index (χ0n) is 12.5. The highest BCUT2D eigenvalue weighted by Crippen LogP contribution is 2.26. The van der Waals surface area contributed by atoms with Crippen molar-refractivity contribution in [3.05, 3.63) is 53.1 Å². The van der Waals surface area contributed by atoms with Gasteiger partial charge < -0.3 is 20.5 Å². The van der Waals surface area contributed by atoms with E-state index in [0.717, 1.165) is 0 Å². The third-order valence-corrected chi connectivity index (χ3v) is 3.23. The molecule has 2 rings (SSSR count). The zero-order chi connectivity index (χ0) is 17.7. The van der Waals surface area contributed by atoms with Crippen molar-refractivity contribution < 1.29 is 24.2 Å². The average Bonchev–Trinajstić information content (AvgIpc) is 2.57. The number of rotatable bonds is 3. The monoisotopic (exact) mass is 348 g/mol. The van der Waals surface area contributed by atoms with Crippen LogP contribution in [0.1, 0.15) is 10.4 Å². The van der Waals surface area contributed by atoms with Crippen LogP contribution in [-0.4, -0.2) is 30.0 Å². The number of esters is 1. The molecule has 2 aromatic carbocycles. The van der Waals surface area contributed by atoms with Gasteiger partial charge in [-0.25, -0.2) is 4.79 Å². The smallest absolute Gasteiger partial charge is 0.339 e. The van der Waals surface area contributed by atoms with Gasteiger partial charge in [0.05, 0.1) is 24.0 Å². The number of amides is 2. The second-order valence-electron chi connectivity index (χ2n) is 4.61. The molecule has 124 valence electrons. The number of hydrogen-bond donors (Lipinski definition) is 3. The Balaban J connectivity index is 2.14. The maximum Gasteiger partial charge on any atom is 0.339 e. The number of benzene rings is 2. The van der Waals surface area contributed by atoms with Crippen molar-refractivity contribution in [1.82, 2.24) is 0 Å². The van der Waals surface area contributed by atoms with Gasteiger partial charge in [-0.3, -0.25) is 9.59 Å². The Hall–Kier alpha value is -3.06. The summed E-state index contributed by atoms with van der Waals surface area (Å²) in [7, 11) is 1.20. The van der Waals surface area contributed by atoms with Crippen LogP contribution < -0.4 is 10.6 Å². The van der Waals surface area contributed by atoms with Gasteiger partial charge in [0.1, 0.15) is 5.75 Å². The second kappa shape index (κ2) is 7.47. The van der Waals surface area contributed by atoms with Gasteiger partial charge >= 0.3 is 17.8 Å². The van der Waals surface area contributed by atoms with Crippen molar-refractivity contribution in [2.75, 3.05) is 17.7 Å². The van der Waals surface area contributed by atoms with Gasteiger partial charge in [-0.2, -0.15) is 0 Å². The van der Waals surface area contributed by atoms with E-state index in [1.54, 1.807) is 12.1 Å². The van der Waals surface area contributed by atoms with E-state index >= 15 is 0 Å². The molecule has 0 atom stereocenters. The summed E-state index contributed by atoms with van der Waals surface area (Å²) in [5.41, 5.74) is 0.218. The van der Waals surface area contributed by atoms with Gasteiger partial charge in [0, 0.05) is 5.02 Å². The molecule has 7 nitrogen and oxygen atoms in total. The predicted molar refractivity (Wildman–Crippen MR) is 88.2 cm³/mol. The summed E-state index contributed by atoms with van der Waals surface area (Å²) in [6.45, 7) is 0. The largest absolute Gasteiger partial charge is 0.506 e. The highest BCUT2D eigenvalue weighted by Gasteiger charge is 2.19. The maximum atomic E-state index is 12.0. The van der Waals surface area contributed by atoms with Crippen LogP contribution in [0.2, 0.25) is 5.02 Å². The van der Waals surface area contributed by atoms with E-state index in [4.69, 9.17) is 11.6 Å². The van der Waals surface area contributed by atoms with Crippen molar-refractivity contribution in [3.63, 3.8) is 0 Å². The topological polar surface area (TPSA) is 105 Å². The molecule has 0 saturated carbocycles. The zero-order valence-corrected chi connectivity index (χ0v) is 13.3. The lowest BCUT2D eigenvalue weighted by Gasteiger charge is -2.10. The summed E-state index contributed by atoms with van der Waals surface area (Å²) in [5.74, 6) is -2.95. The number of carbonyl (C=O) groups is 3. The van der Waals surface area contributed by atoms with Gasteiger partial charge in [-0.05, 0) is 30.3 Å². The maximum absolute atomic E-state index is 12.0. The molecule has 0 aliphatic heterocycles. The number of carbonyl (C=O) groups excluding carboxylic acids is 3. The number of phenols is 1. The second-order valence-corrected chi connectivity index (χ2v) is 5.04. The Morgan fingerprint density at radius 3 is 2.29 bits per heavy atom. The molecule has 24 heavy (non-hydrogen) atoms. The van der Waals surface area contributed by atoms with Crippen molar-refractivity contribution in [1.29, 1.82) is 0 Å². The van der Waals surface area contributed by atoms with Crippen LogP contribution >= 0.6 is 11.6 Å². The van der Waals surface area contributed by atoms with Crippen LogP contribution in [-0.2, 0) is 14.3 Å². The Labute approximate surface area is 142 Å². The summed E-state index contributed by atoms with van der Waals surface area (Å²) in [4.78, 5) is 35.6. The Morgan fingerprint density at radius 2 is 1.62 bits per heavy atom. The first-order valence-corrected chi connectivity index (χ1v) is 7.08. The number of phenolic OH excluding ortho intramolecular Hbond substituents is 1. The molecule has 0 bridgehead atoms. The van der Waals surface area contributed by atoms with E-state index in [9.17, 15) is 19.5 Å². The van der Waals surface area contributed by atoms with Crippen LogP contribution in [0.15, 0.2) is 42.5 Å². The van der Waals surface area contributed by atoms with E-state index in [-0.39, 0.29) is 27.7 Å². The molecular weight excluding hydrogens is 336 g/mol. The molecule has 0 radical (unpaired) electrons. The Kier molecular flexibility index (Phi) is 5.39. The van der Waals surface area contributed by atoms with Gasteiger partial charge in [0.15, 0.2) is 0 Å². The van der Waals surface area contributed by atoms with E-state index in [1.807, 2.05) is 0 Å². The molecule has 0 aliphatic carbocycles. The highest BCUT2D eigenvalue weighted by atomic mass is 35.5. The van der Waals surface area contributed by atoms with Crippen molar-refractivity contribution in [2.45, 2.75) is 0 Å². The molecule has 2 amide bonds. The molecule has 2 aromatic rings. The number of para-hydroxylation sites is 1. The number of nitrogens with one attached hydrogen (secondary N) is 2. The third kappa shape index (κ3) is 4.02. The minimum Gasteiger partial charge on any atom is -0.506 e. The third-order valence-electron chi connectivity index (χ3n) is 2.99. The molecule has 0 unspecified atom stereocenters. The van der Waals surface area contributed by atoms with Crippen LogP contribution in [0.5, 0.6) is 5.75 Å². The molecule has 0 spiro atoms. The van der Waals surface area contributed by atoms with E-state index in [0.29, 0.717) is 0 Å². The molecular formula is C16H13ClN2O5. The fourth-order valence-corrected chi connectivity index (χ4v) is 2.02. The van der Waals surface area contributed by atoms with Crippen molar-refractivity contribution in [3.8, 4) is 5.75 Å². The lowest BCUT2D eigenvalue weighted by Crippen LogP contribution is -2.29. The minimum absolute atomic E-state index is 0.0103. The van der Waals surface area contributed by atoms with Crippen LogP contribution in [0.4, 0.5) is 11.4 Å². The van der Waals surface area contributed by atoms with E-state index < -0.39 is 17.8 Å². The number of methoxy groups -OCH3 is 1. The first kappa shape index (κ1) is 17.3. The molecule has 0 fully saturated rings. The van der Waals surface area contributed by atoms with Crippen molar-refractivity contribution in [2.24, 2.45) is 0 Å². The predicted octanol–water partition coefficient (Wildman–Crippen LogP) is 2.41. The summed E-state index contributed by atoms with van der Waals surface area (Å²) < 4.78 is 4.61. The molecule has 3 N–H and O–H groups in total. The van der Waals surface area contributed by atoms with Crippen LogP contribution in [0, 0.1) is 0 Å². The van der Waals surface area contributed by atoms with Gasteiger partial charge in [-0.15, -0.1) is 0 Å². The first-order chi connectivity index (χ1) is 11.4. The summed E-state index contributed by atoms with van der Waals surface area (Å²) >= 11 is 5.77. The number of hydrogen-bond acceptors (Lipinski definition) is 5. The molecule has 0 aromatic heterocycles. The fraction of sp³-hybridized carbons (Fsp3) is 0.0625. The van der Waals surface area contributed by atoms with Gasteiger partial charge in [0.2, 0.25) is 0 Å².